The normalized spacial score (nSPS) is 21.6. The van der Waals surface area contributed by atoms with Gasteiger partial charge in [0.25, 0.3) is 5.91 Å². The van der Waals surface area contributed by atoms with Gasteiger partial charge in [-0.1, -0.05) is 25.4 Å². The molecule has 1 unspecified atom stereocenters. The molecule has 2 aliphatic heterocycles. The zero-order chi connectivity index (χ0) is 19.7. The number of imidazole rings is 1. The van der Waals surface area contributed by atoms with E-state index in [2.05, 4.69) is 33.6 Å². The van der Waals surface area contributed by atoms with E-state index >= 15 is 0 Å². The van der Waals surface area contributed by atoms with Gasteiger partial charge in [0.15, 0.2) is 6.10 Å². The van der Waals surface area contributed by atoms with Crippen LogP contribution in [-0.4, -0.2) is 46.1 Å². The zero-order valence-corrected chi connectivity index (χ0v) is 17.2. The maximum Gasteiger partial charge on any atom is 0.255 e. The standard InChI is InChI=1S/C21H27ClN4O2/c1-15(2)13-25-10-7-21(8-11-25)20-23-9-12-26(20)14-18(28-21)19(27)24-17-5-3-16(22)4-6-17/h3-6,9,12,15,18H,7-8,10-11,13-14H2,1-2H3,(H,24,27). The lowest BCUT2D eigenvalue weighted by molar-refractivity contribution is -0.170. The minimum Gasteiger partial charge on any atom is -0.352 e. The molecular formula is C21H27ClN4O2. The molecule has 1 N–H and O–H groups in total. The minimum absolute atomic E-state index is 0.134. The summed E-state index contributed by atoms with van der Waals surface area (Å²) in [6.45, 7) is 7.96. The molecule has 1 aromatic carbocycles. The highest BCUT2D eigenvalue weighted by molar-refractivity contribution is 6.30. The molecule has 1 saturated heterocycles. The van der Waals surface area contributed by atoms with Crippen LogP contribution in [0, 0.1) is 5.92 Å². The Hall–Kier alpha value is -1.89. The Morgan fingerprint density at radius 3 is 2.71 bits per heavy atom. The number of hydrogen-bond acceptors (Lipinski definition) is 4. The first-order valence-corrected chi connectivity index (χ1v) is 10.3. The Morgan fingerprint density at radius 2 is 2.04 bits per heavy atom. The number of hydrogen-bond donors (Lipinski definition) is 1. The Kier molecular flexibility index (Phi) is 5.45. The van der Waals surface area contributed by atoms with Gasteiger partial charge in [0, 0.05) is 42.7 Å². The third-order valence-electron chi connectivity index (χ3n) is 5.54. The van der Waals surface area contributed by atoms with Gasteiger partial charge in [-0.15, -0.1) is 0 Å². The fourth-order valence-corrected chi connectivity index (χ4v) is 4.37. The number of rotatable bonds is 4. The topological polar surface area (TPSA) is 59.4 Å². The number of amides is 1. The van der Waals surface area contributed by atoms with Crippen LogP contribution in [0.3, 0.4) is 0 Å². The number of halogens is 1. The first kappa shape index (κ1) is 19.4. The molecule has 1 atom stereocenters. The second-order valence-corrected chi connectivity index (χ2v) is 8.63. The van der Waals surface area contributed by atoms with Gasteiger partial charge in [-0.25, -0.2) is 4.98 Å². The van der Waals surface area contributed by atoms with Crippen molar-refractivity contribution in [3.05, 3.63) is 47.5 Å². The highest BCUT2D eigenvalue weighted by atomic mass is 35.5. The average molecular weight is 403 g/mol. The van der Waals surface area contributed by atoms with E-state index in [4.69, 9.17) is 16.3 Å². The van der Waals surface area contributed by atoms with Gasteiger partial charge >= 0.3 is 0 Å². The molecule has 1 spiro atoms. The largest absolute Gasteiger partial charge is 0.352 e. The zero-order valence-electron chi connectivity index (χ0n) is 16.4. The number of piperidine rings is 1. The summed E-state index contributed by atoms with van der Waals surface area (Å²) in [5, 5.41) is 3.59. The molecule has 0 radical (unpaired) electrons. The molecule has 1 aromatic heterocycles. The van der Waals surface area contributed by atoms with Crippen molar-refractivity contribution in [1.29, 1.82) is 0 Å². The lowest BCUT2D eigenvalue weighted by Gasteiger charge is -2.45. The third-order valence-corrected chi connectivity index (χ3v) is 5.80. The van der Waals surface area contributed by atoms with Crippen LogP contribution < -0.4 is 5.32 Å². The van der Waals surface area contributed by atoms with Crippen LogP contribution in [0.1, 0.15) is 32.5 Å². The van der Waals surface area contributed by atoms with Gasteiger partial charge in [0.2, 0.25) is 0 Å². The Labute approximate surface area is 170 Å². The van der Waals surface area contributed by atoms with Crippen LogP contribution in [0.25, 0.3) is 0 Å². The van der Waals surface area contributed by atoms with Crippen LogP contribution in [-0.2, 0) is 21.7 Å². The molecule has 1 fully saturated rings. The van der Waals surface area contributed by atoms with Crippen molar-refractivity contribution in [3.63, 3.8) is 0 Å². The van der Waals surface area contributed by atoms with Gasteiger partial charge in [-0.3, -0.25) is 4.79 Å². The van der Waals surface area contributed by atoms with Crippen LogP contribution in [0.15, 0.2) is 36.7 Å². The Balaban J connectivity index is 1.50. The number of nitrogens with zero attached hydrogens (tertiary/aromatic N) is 3. The Morgan fingerprint density at radius 1 is 1.32 bits per heavy atom. The molecular weight excluding hydrogens is 376 g/mol. The van der Waals surface area contributed by atoms with Crippen LogP contribution >= 0.6 is 11.6 Å². The number of benzene rings is 1. The summed E-state index contributed by atoms with van der Waals surface area (Å²) in [6, 6.07) is 7.12. The molecule has 28 heavy (non-hydrogen) atoms. The van der Waals surface area contributed by atoms with E-state index in [-0.39, 0.29) is 5.91 Å². The quantitative estimate of drug-likeness (QED) is 0.850. The number of anilines is 1. The molecule has 0 aliphatic carbocycles. The SMILES string of the molecule is CC(C)CN1CCC2(CC1)OC(C(=O)Nc1ccc(Cl)cc1)Cn1ccnc12. The predicted molar refractivity (Wildman–Crippen MR) is 109 cm³/mol. The summed E-state index contributed by atoms with van der Waals surface area (Å²) < 4.78 is 8.54. The molecule has 0 bridgehead atoms. The number of nitrogens with one attached hydrogen (secondary N) is 1. The summed E-state index contributed by atoms with van der Waals surface area (Å²) in [7, 11) is 0. The maximum atomic E-state index is 12.9. The Bertz CT molecular complexity index is 825. The van der Waals surface area contributed by atoms with Crippen molar-refractivity contribution in [1.82, 2.24) is 14.5 Å². The van der Waals surface area contributed by atoms with Crippen LogP contribution in [0.2, 0.25) is 5.02 Å². The van der Waals surface area contributed by atoms with Crippen molar-refractivity contribution in [2.45, 2.75) is 44.9 Å². The summed E-state index contributed by atoms with van der Waals surface area (Å²) >= 11 is 5.93. The van der Waals surface area contributed by atoms with E-state index in [1.165, 1.54) is 0 Å². The van der Waals surface area contributed by atoms with Crippen molar-refractivity contribution in [2.75, 3.05) is 25.0 Å². The second-order valence-electron chi connectivity index (χ2n) is 8.19. The number of ether oxygens (including phenoxy) is 1. The summed E-state index contributed by atoms with van der Waals surface area (Å²) in [6.07, 6.45) is 4.90. The van der Waals surface area contributed by atoms with E-state index in [0.29, 0.717) is 17.5 Å². The van der Waals surface area contributed by atoms with Crippen molar-refractivity contribution < 1.29 is 9.53 Å². The number of carbonyl (C=O) groups is 1. The van der Waals surface area contributed by atoms with E-state index in [1.54, 1.807) is 30.5 Å². The third kappa shape index (κ3) is 3.95. The second kappa shape index (κ2) is 7.85. The van der Waals surface area contributed by atoms with Gasteiger partial charge in [0.05, 0.1) is 6.54 Å². The lowest BCUT2D eigenvalue weighted by atomic mass is 9.88. The fraction of sp³-hybridized carbons (Fsp3) is 0.524. The fourth-order valence-electron chi connectivity index (χ4n) is 4.24. The van der Waals surface area contributed by atoms with E-state index < -0.39 is 11.7 Å². The lowest BCUT2D eigenvalue weighted by Crippen LogP contribution is -2.53. The van der Waals surface area contributed by atoms with Crippen molar-refractivity contribution in [2.24, 2.45) is 5.92 Å². The molecule has 7 heteroatoms. The average Bonchev–Trinajstić information content (AvgIpc) is 3.15. The monoisotopic (exact) mass is 402 g/mol. The highest BCUT2D eigenvalue weighted by Crippen LogP contribution is 2.40. The van der Waals surface area contributed by atoms with Gasteiger partial charge in [0.1, 0.15) is 11.4 Å². The molecule has 150 valence electrons. The molecule has 6 nitrogen and oxygen atoms in total. The first-order chi connectivity index (χ1) is 13.4. The predicted octanol–water partition coefficient (Wildman–Crippen LogP) is 3.52. The summed E-state index contributed by atoms with van der Waals surface area (Å²) in [4.78, 5) is 20.0. The molecule has 2 aliphatic rings. The van der Waals surface area contributed by atoms with Crippen molar-refractivity contribution in [3.8, 4) is 0 Å². The summed E-state index contributed by atoms with van der Waals surface area (Å²) in [5.41, 5.74) is 0.229. The van der Waals surface area contributed by atoms with Crippen LogP contribution in [0.4, 0.5) is 5.69 Å². The van der Waals surface area contributed by atoms with Gasteiger partial charge in [-0.2, -0.15) is 0 Å². The smallest absolute Gasteiger partial charge is 0.255 e. The van der Waals surface area contributed by atoms with E-state index in [0.717, 1.165) is 44.0 Å². The summed E-state index contributed by atoms with van der Waals surface area (Å²) in [5.74, 6) is 1.46. The number of fused-ring (bicyclic) bond motifs is 2. The van der Waals surface area contributed by atoms with E-state index in [9.17, 15) is 4.79 Å². The highest BCUT2D eigenvalue weighted by Gasteiger charge is 2.47. The minimum atomic E-state index is -0.547. The molecule has 0 saturated carbocycles. The number of likely N-dealkylation sites (tertiary alicyclic amines) is 1. The molecule has 3 heterocycles. The molecule has 4 rings (SSSR count). The van der Waals surface area contributed by atoms with Crippen molar-refractivity contribution >= 4 is 23.2 Å². The maximum absolute atomic E-state index is 12.9. The van der Waals surface area contributed by atoms with Crippen LogP contribution in [0.5, 0.6) is 0 Å². The first-order valence-electron chi connectivity index (χ1n) is 9.93. The number of carbonyl (C=O) groups excluding carboxylic acids is 1. The number of aromatic nitrogens is 2. The van der Waals surface area contributed by atoms with Gasteiger partial charge in [-0.05, 0) is 43.0 Å². The molecule has 2 aromatic rings. The van der Waals surface area contributed by atoms with E-state index in [1.807, 2.05) is 6.20 Å². The molecule has 1 amide bonds. The van der Waals surface area contributed by atoms with Gasteiger partial charge < -0.3 is 19.5 Å².